The number of hydrazine groups is 1. The highest BCUT2D eigenvalue weighted by molar-refractivity contribution is 5.66. The van der Waals surface area contributed by atoms with Gasteiger partial charge in [0.1, 0.15) is 22.8 Å². The van der Waals surface area contributed by atoms with E-state index in [9.17, 15) is 9.90 Å². The topological polar surface area (TPSA) is 112 Å². The molecule has 3 aromatic carbocycles. The van der Waals surface area contributed by atoms with Gasteiger partial charge in [0.05, 0.1) is 27.9 Å². The molecule has 0 aliphatic rings. The molecule has 0 radical (unpaired) electrons. The van der Waals surface area contributed by atoms with Gasteiger partial charge in [-0.05, 0) is 84.3 Å². The van der Waals surface area contributed by atoms with Gasteiger partial charge < -0.3 is 24.1 Å². The molecule has 0 fully saturated rings. The van der Waals surface area contributed by atoms with E-state index in [0.717, 1.165) is 42.6 Å². The van der Waals surface area contributed by atoms with E-state index in [4.69, 9.17) is 24.8 Å². The number of amides is 1. The zero-order valence-corrected chi connectivity index (χ0v) is 23.0. The van der Waals surface area contributed by atoms with Gasteiger partial charge in [0.2, 0.25) is 0 Å². The fourth-order valence-corrected chi connectivity index (χ4v) is 4.16. The first-order valence-corrected chi connectivity index (χ1v) is 12.8. The van der Waals surface area contributed by atoms with Crippen LogP contribution in [0.1, 0.15) is 55.4 Å². The van der Waals surface area contributed by atoms with Crippen LogP contribution in [0, 0.1) is 0 Å². The summed E-state index contributed by atoms with van der Waals surface area (Å²) in [5, 5.41) is 12.3. The van der Waals surface area contributed by atoms with Crippen LogP contribution in [-0.2, 0) is 16.8 Å². The second-order valence-electron chi connectivity index (χ2n) is 8.28. The Morgan fingerprint density at radius 2 is 1.32 bits per heavy atom. The van der Waals surface area contributed by atoms with Gasteiger partial charge in [-0.25, -0.2) is 10.6 Å². The van der Waals surface area contributed by atoms with Gasteiger partial charge >= 0.3 is 6.09 Å². The monoisotopic (exact) mass is 524 g/mol. The molecule has 0 saturated carbocycles. The second kappa shape index (κ2) is 15.5. The summed E-state index contributed by atoms with van der Waals surface area (Å²) in [4.78, 5) is 11.1. The molecule has 8 nitrogen and oxygen atoms in total. The van der Waals surface area contributed by atoms with Crippen molar-refractivity contribution in [3.8, 4) is 17.2 Å². The number of aliphatic hydroxyl groups is 1. The van der Waals surface area contributed by atoms with E-state index in [2.05, 4.69) is 0 Å². The SMILES string of the molecule is CC.COc1ccc(C(O)(c2ccc(OC)cc2)c2ccc(OC)c(CCCCCOC(=O)NN)c2)cc1. The maximum absolute atomic E-state index is 12.3. The molecule has 3 rings (SSSR count). The molecule has 3 aromatic rings. The van der Waals surface area contributed by atoms with Crippen molar-refractivity contribution in [1.82, 2.24) is 5.43 Å². The number of hydrogen-bond acceptors (Lipinski definition) is 7. The summed E-state index contributed by atoms with van der Waals surface area (Å²) in [7, 11) is 4.86. The predicted molar refractivity (Wildman–Crippen MR) is 149 cm³/mol. The Hall–Kier alpha value is -3.75. The van der Waals surface area contributed by atoms with Crippen LogP contribution < -0.4 is 25.5 Å². The fraction of sp³-hybridized carbons (Fsp3) is 0.367. The molecule has 1 amide bonds. The highest BCUT2D eigenvalue weighted by atomic mass is 16.5. The number of carbonyl (C=O) groups is 1. The number of carbonyl (C=O) groups excluding carboxylic acids is 1. The lowest BCUT2D eigenvalue weighted by Gasteiger charge is -2.31. The molecule has 0 aliphatic carbocycles. The summed E-state index contributed by atoms with van der Waals surface area (Å²) >= 11 is 0. The van der Waals surface area contributed by atoms with Crippen LogP contribution in [0.15, 0.2) is 66.7 Å². The molecule has 8 heteroatoms. The third kappa shape index (κ3) is 7.63. The van der Waals surface area contributed by atoms with Crippen LogP contribution in [0.25, 0.3) is 0 Å². The van der Waals surface area contributed by atoms with Crippen LogP contribution >= 0.6 is 0 Å². The second-order valence-corrected chi connectivity index (χ2v) is 8.28. The van der Waals surface area contributed by atoms with Gasteiger partial charge in [-0.1, -0.05) is 44.2 Å². The lowest BCUT2D eigenvalue weighted by Crippen LogP contribution is -2.30. The first kappa shape index (κ1) is 30.5. The number of benzene rings is 3. The molecule has 206 valence electrons. The third-order valence-electron chi connectivity index (χ3n) is 6.16. The highest BCUT2D eigenvalue weighted by Crippen LogP contribution is 2.39. The summed E-state index contributed by atoms with van der Waals surface area (Å²) in [6, 6.07) is 20.6. The van der Waals surface area contributed by atoms with Crippen molar-refractivity contribution in [2.75, 3.05) is 27.9 Å². The zero-order chi connectivity index (χ0) is 28.0. The van der Waals surface area contributed by atoms with Crippen LogP contribution in [0.3, 0.4) is 0 Å². The average Bonchev–Trinajstić information content (AvgIpc) is 2.99. The Morgan fingerprint density at radius 3 is 1.79 bits per heavy atom. The largest absolute Gasteiger partial charge is 0.497 e. The molecule has 0 atom stereocenters. The van der Waals surface area contributed by atoms with Crippen molar-refractivity contribution >= 4 is 6.09 Å². The summed E-state index contributed by atoms with van der Waals surface area (Å²) < 4.78 is 21.2. The fourth-order valence-electron chi connectivity index (χ4n) is 4.16. The van der Waals surface area contributed by atoms with Crippen molar-refractivity contribution in [2.45, 2.75) is 45.1 Å². The van der Waals surface area contributed by atoms with Gasteiger partial charge in [-0.3, -0.25) is 5.43 Å². The van der Waals surface area contributed by atoms with Crippen LogP contribution in [0.4, 0.5) is 4.79 Å². The Labute approximate surface area is 225 Å². The van der Waals surface area contributed by atoms with Crippen molar-refractivity contribution < 1.29 is 28.8 Å². The molecule has 0 heterocycles. The van der Waals surface area contributed by atoms with Gasteiger partial charge in [0.15, 0.2) is 0 Å². The summed E-state index contributed by atoms with van der Waals surface area (Å²) in [6.07, 6.45) is 2.53. The summed E-state index contributed by atoms with van der Waals surface area (Å²) in [5.41, 5.74) is 3.65. The number of ether oxygens (including phenoxy) is 4. The van der Waals surface area contributed by atoms with E-state index in [-0.39, 0.29) is 0 Å². The molecule has 0 aromatic heterocycles. The smallest absolute Gasteiger partial charge is 0.421 e. The lowest BCUT2D eigenvalue weighted by molar-refractivity contribution is 0.125. The molecular weight excluding hydrogens is 484 g/mol. The Bertz CT molecular complexity index is 1070. The van der Waals surface area contributed by atoms with Crippen LogP contribution in [0.2, 0.25) is 0 Å². The molecule has 0 bridgehead atoms. The molecular formula is C30H40N2O6. The molecule has 0 aliphatic heterocycles. The summed E-state index contributed by atoms with van der Waals surface area (Å²) in [6.45, 7) is 4.30. The van der Waals surface area contributed by atoms with Crippen molar-refractivity contribution in [3.05, 3.63) is 89.0 Å². The molecule has 0 spiro atoms. The quantitative estimate of drug-likeness (QED) is 0.0964. The zero-order valence-electron chi connectivity index (χ0n) is 23.0. The predicted octanol–water partition coefficient (Wildman–Crippen LogP) is 5.34. The first-order chi connectivity index (χ1) is 18.5. The normalized spacial score (nSPS) is 10.6. The van der Waals surface area contributed by atoms with E-state index in [1.807, 2.05) is 86.0 Å². The molecule has 0 unspecified atom stereocenters. The number of aryl methyl sites for hydroxylation is 1. The number of unbranched alkanes of at least 4 members (excludes halogenated alkanes) is 2. The first-order valence-electron chi connectivity index (χ1n) is 12.8. The maximum Gasteiger partial charge on any atom is 0.421 e. The standard InChI is InChI=1S/C28H34N2O6.C2H6/c1-33-24-13-8-21(9-14-24)28(32,22-10-15-25(34-2)16-11-22)23-12-17-26(35-3)20(19-23)7-5-4-6-18-36-27(31)30-29;1-2/h8-17,19,32H,4-7,18,29H2,1-3H3,(H,30,31);1-2H3. The van der Waals surface area contributed by atoms with Crippen molar-refractivity contribution in [2.24, 2.45) is 5.84 Å². The number of nitrogens with one attached hydrogen (secondary N) is 1. The number of rotatable bonds is 12. The van der Waals surface area contributed by atoms with Crippen molar-refractivity contribution in [3.63, 3.8) is 0 Å². The van der Waals surface area contributed by atoms with Gasteiger partial charge in [-0.2, -0.15) is 0 Å². The number of methoxy groups -OCH3 is 3. The summed E-state index contributed by atoms with van der Waals surface area (Å²) in [5.74, 6) is 7.18. The molecule has 4 N–H and O–H groups in total. The maximum atomic E-state index is 12.3. The highest BCUT2D eigenvalue weighted by Gasteiger charge is 2.34. The van der Waals surface area contributed by atoms with Gasteiger partial charge in [-0.15, -0.1) is 0 Å². The van der Waals surface area contributed by atoms with Crippen LogP contribution in [0.5, 0.6) is 17.2 Å². The Kier molecular flexibility index (Phi) is 12.4. The van der Waals surface area contributed by atoms with Gasteiger partial charge in [0.25, 0.3) is 0 Å². The minimum atomic E-state index is -1.41. The average molecular weight is 525 g/mol. The van der Waals surface area contributed by atoms with Gasteiger partial charge in [0, 0.05) is 0 Å². The Balaban J connectivity index is 0.00000247. The van der Waals surface area contributed by atoms with E-state index >= 15 is 0 Å². The minimum absolute atomic E-state index is 0.300. The van der Waals surface area contributed by atoms with E-state index in [1.165, 1.54) is 0 Å². The van der Waals surface area contributed by atoms with E-state index < -0.39 is 11.7 Å². The number of hydrogen-bond donors (Lipinski definition) is 3. The van der Waals surface area contributed by atoms with E-state index in [0.29, 0.717) is 29.2 Å². The third-order valence-corrected chi connectivity index (χ3v) is 6.16. The number of nitrogens with two attached hydrogens (primary N) is 1. The van der Waals surface area contributed by atoms with Crippen molar-refractivity contribution in [1.29, 1.82) is 0 Å². The Morgan fingerprint density at radius 1 is 0.789 bits per heavy atom. The van der Waals surface area contributed by atoms with Crippen LogP contribution in [-0.4, -0.2) is 39.1 Å². The molecule has 0 saturated heterocycles. The van der Waals surface area contributed by atoms with E-state index in [1.54, 1.807) is 21.3 Å². The molecule has 38 heavy (non-hydrogen) atoms. The lowest BCUT2D eigenvalue weighted by atomic mass is 9.79. The minimum Gasteiger partial charge on any atom is -0.497 e.